The Kier molecular flexibility index (Phi) is 4.70. The molecule has 2 nitrogen and oxygen atoms in total. The Bertz CT molecular complexity index is 618. The van der Waals surface area contributed by atoms with Crippen LogP contribution in [0.25, 0.3) is 0 Å². The summed E-state index contributed by atoms with van der Waals surface area (Å²) in [6.07, 6.45) is 0. The Morgan fingerprint density at radius 1 is 1.32 bits per heavy atom. The third-order valence-electron chi connectivity index (χ3n) is 2.59. The van der Waals surface area contributed by atoms with Crippen LogP contribution in [0.1, 0.15) is 16.0 Å². The van der Waals surface area contributed by atoms with Gasteiger partial charge >= 0.3 is 0 Å². The molecule has 1 aromatic heterocycles. The van der Waals surface area contributed by atoms with Crippen LogP contribution >= 0.6 is 27.3 Å². The number of hydrogen-bond acceptors (Lipinski definition) is 3. The molecular weight excluding hydrogens is 327 g/mol. The van der Waals surface area contributed by atoms with Crippen molar-refractivity contribution in [3.8, 4) is 6.07 Å². The van der Waals surface area contributed by atoms with Crippen molar-refractivity contribution in [1.82, 2.24) is 4.90 Å². The van der Waals surface area contributed by atoms with Gasteiger partial charge in [0.1, 0.15) is 5.82 Å². The standard InChI is InChI=1S/C14H12BrFN2S/c1-18(8-14-5-12(15)9-19-14)7-11-2-10(6-17)3-13(16)4-11/h2-5,9H,7-8H2,1H3. The van der Waals surface area contributed by atoms with E-state index in [9.17, 15) is 4.39 Å². The second-order valence-corrected chi connectivity index (χ2v) is 6.27. The second kappa shape index (κ2) is 6.29. The van der Waals surface area contributed by atoms with Gasteiger partial charge in [-0.15, -0.1) is 11.3 Å². The molecule has 0 saturated carbocycles. The van der Waals surface area contributed by atoms with Gasteiger partial charge in [-0.25, -0.2) is 4.39 Å². The lowest BCUT2D eigenvalue weighted by atomic mass is 10.1. The molecule has 0 saturated heterocycles. The van der Waals surface area contributed by atoms with E-state index in [1.54, 1.807) is 17.4 Å². The van der Waals surface area contributed by atoms with Crippen LogP contribution in [0.5, 0.6) is 0 Å². The van der Waals surface area contributed by atoms with Crippen LogP contribution in [0.15, 0.2) is 34.1 Å². The maximum atomic E-state index is 13.3. The molecule has 0 unspecified atom stereocenters. The van der Waals surface area contributed by atoms with Crippen molar-refractivity contribution >= 4 is 27.3 Å². The molecule has 0 atom stereocenters. The molecule has 1 aromatic carbocycles. The molecule has 0 amide bonds. The van der Waals surface area contributed by atoms with Crippen molar-refractivity contribution in [3.63, 3.8) is 0 Å². The zero-order valence-electron chi connectivity index (χ0n) is 10.4. The van der Waals surface area contributed by atoms with Crippen molar-refractivity contribution in [2.75, 3.05) is 7.05 Å². The molecule has 1 heterocycles. The second-order valence-electron chi connectivity index (χ2n) is 4.36. The van der Waals surface area contributed by atoms with E-state index in [1.807, 2.05) is 18.5 Å². The molecule has 0 fully saturated rings. The van der Waals surface area contributed by atoms with Gasteiger partial charge in [-0.05, 0) is 52.8 Å². The molecule has 98 valence electrons. The molecule has 0 aliphatic rings. The summed E-state index contributed by atoms with van der Waals surface area (Å²) in [7, 11) is 1.98. The van der Waals surface area contributed by atoms with Crippen LogP contribution in [0.2, 0.25) is 0 Å². The van der Waals surface area contributed by atoms with Crippen LogP contribution in [-0.4, -0.2) is 11.9 Å². The fraction of sp³-hybridized carbons (Fsp3) is 0.214. The first-order valence-electron chi connectivity index (χ1n) is 5.68. The first-order valence-corrected chi connectivity index (χ1v) is 7.35. The predicted molar refractivity (Wildman–Crippen MR) is 78.3 cm³/mol. The van der Waals surface area contributed by atoms with Gasteiger partial charge in [0.25, 0.3) is 0 Å². The minimum atomic E-state index is -0.360. The van der Waals surface area contributed by atoms with Gasteiger partial charge in [0.2, 0.25) is 0 Å². The van der Waals surface area contributed by atoms with Gasteiger partial charge in [-0.2, -0.15) is 5.26 Å². The predicted octanol–water partition coefficient (Wildman–Crippen LogP) is 4.15. The van der Waals surface area contributed by atoms with Crippen molar-refractivity contribution in [2.24, 2.45) is 0 Å². The van der Waals surface area contributed by atoms with Crippen LogP contribution in [0.3, 0.4) is 0 Å². The van der Waals surface area contributed by atoms with Crippen molar-refractivity contribution < 1.29 is 4.39 Å². The minimum Gasteiger partial charge on any atom is -0.297 e. The maximum absolute atomic E-state index is 13.3. The third kappa shape index (κ3) is 4.13. The molecule has 19 heavy (non-hydrogen) atoms. The average molecular weight is 339 g/mol. The molecule has 0 aliphatic carbocycles. The lowest BCUT2D eigenvalue weighted by molar-refractivity contribution is 0.321. The lowest BCUT2D eigenvalue weighted by Gasteiger charge is -2.15. The quantitative estimate of drug-likeness (QED) is 0.837. The zero-order chi connectivity index (χ0) is 13.8. The van der Waals surface area contributed by atoms with Crippen LogP contribution in [-0.2, 0) is 13.1 Å². The first kappa shape index (κ1) is 14.2. The lowest BCUT2D eigenvalue weighted by Crippen LogP contribution is -2.16. The van der Waals surface area contributed by atoms with E-state index < -0.39 is 0 Å². The van der Waals surface area contributed by atoms with Gasteiger partial charge in [0.15, 0.2) is 0 Å². The van der Waals surface area contributed by atoms with E-state index in [1.165, 1.54) is 17.0 Å². The minimum absolute atomic E-state index is 0.360. The van der Waals surface area contributed by atoms with E-state index in [2.05, 4.69) is 26.9 Å². The van der Waals surface area contributed by atoms with Gasteiger partial charge in [-0.1, -0.05) is 0 Å². The number of nitriles is 1. The summed E-state index contributed by atoms with van der Waals surface area (Å²) in [6.45, 7) is 1.41. The van der Waals surface area contributed by atoms with Crippen LogP contribution in [0.4, 0.5) is 4.39 Å². The van der Waals surface area contributed by atoms with E-state index in [0.717, 1.165) is 16.6 Å². The molecule has 2 aromatic rings. The highest BCUT2D eigenvalue weighted by molar-refractivity contribution is 9.10. The van der Waals surface area contributed by atoms with Crippen molar-refractivity contribution in [1.29, 1.82) is 5.26 Å². The molecule has 0 spiro atoms. The molecule has 2 rings (SSSR count). The van der Waals surface area contributed by atoms with Gasteiger partial charge in [-0.3, -0.25) is 4.90 Å². The number of halogens is 2. The maximum Gasteiger partial charge on any atom is 0.124 e. The first-order chi connectivity index (χ1) is 9.06. The summed E-state index contributed by atoms with van der Waals surface area (Å²) in [4.78, 5) is 3.33. The smallest absolute Gasteiger partial charge is 0.124 e. The van der Waals surface area contributed by atoms with Gasteiger partial charge in [0, 0.05) is 27.8 Å². The van der Waals surface area contributed by atoms with E-state index in [0.29, 0.717) is 12.1 Å². The molecule has 0 bridgehead atoms. The van der Waals surface area contributed by atoms with E-state index in [-0.39, 0.29) is 5.82 Å². The van der Waals surface area contributed by atoms with Crippen molar-refractivity contribution in [3.05, 3.63) is 55.9 Å². The Labute approximate surface area is 124 Å². The summed E-state index contributed by atoms with van der Waals surface area (Å²) in [5, 5.41) is 10.9. The number of rotatable bonds is 4. The highest BCUT2D eigenvalue weighted by Crippen LogP contribution is 2.21. The zero-order valence-corrected chi connectivity index (χ0v) is 12.8. The molecule has 0 radical (unpaired) electrons. The van der Waals surface area contributed by atoms with Crippen LogP contribution < -0.4 is 0 Å². The number of nitrogens with zero attached hydrogens (tertiary/aromatic N) is 2. The summed E-state index contributed by atoms with van der Waals surface area (Å²) >= 11 is 5.11. The van der Waals surface area contributed by atoms with Crippen LogP contribution in [0, 0.1) is 17.1 Å². The molecular formula is C14H12BrFN2S. The topological polar surface area (TPSA) is 27.0 Å². The number of hydrogen-bond donors (Lipinski definition) is 0. The van der Waals surface area contributed by atoms with E-state index in [4.69, 9.17) is 5.26 Å². The Morgan fingerprint density at radius 2 is 2.11 bits per heavy atom. The Morgan fingerprint density at radius 3 is 2.74 bits per heavy atom. The fourth-order valence-corrected chi connectivity index (χ4v) is 3.41. The Hall–Kier alpha value is -1.22. The van der Waals surface area contributed by atoms with Gasteiger partial charge in [0.05, 0.1) is 11.6 Å². The molecule has 0 aliphatic heterocycles. The van der Waals surface area contributed by atoms with E-state index >= 15 is 0 Å². The molecule has 5 heteroatoms. The molecule has 0 N–H and O–H groups in total. The monoisotopic (exact) mass is 338 g/mol. The highest BCUT2D eigenvalue weighted by Gasteiger charge is 2.06. The normalized spacial score (nSPS) is 10.7. The van der Waals surface area contributed by atoms with Crippen molar-refractivity contribution in [2.45, 2.75) is 13.1 Å². The average Bonchev–Trinajstić information content (AvgIpc) is 2.73. The number of benzene rings is 1. The largest absolute Gasteiger partial charge is 0.297 e. The summed E-state index contributed by atoms with van der Waals surface area (Å²) in [5.74, 6) is -0.360. The fourth-order valence-electron chi connectivity index (χ4n) is 1.88. The SMILES string of the molecule is CN(Cc1cc(F)cc(C#N)c1)Cc1cc(Br)cs1. The summed E-state index contributed by atoms with van der Waals surface area (Å²) in [5.41, 5.74) is 1.18. The number of thiophene rings is 1. The Balaban J connectivity index is 2.04. The summed E-state index contributed by atoms with van der Waals surface area (Å²) in [6, 6.07) is 8.50. The highest BCUT2D eigenvalue weighted by atomic mass is 79.9. The van der Waals surface area contributed by atoms with Gasteiger partial charge < -0.3 is 0 Å². The summed E-state index contributed by atoms with van der Waals surface area (Å²) < 4.78 is 14.4. The third-order valence-corrected chi connectivity index (χ3v) is 4.27.